The van der Waals surface area contributed by atoms with Gasteiger partial charge in [-0.2, -0.15) is 20.5 Å². The molecule has 2 unspecified atom stereocenters. The average Bonchev–Trinajstić information content (AvgIpc) is 3.75. The van der Waals surface area contributed by atoms with Crippen LogP contribution in [0.4, 0.5) is 24.0 Å². The first-order valence-corrected chi connectivity index (χ1v) is 16.4. The minimum atomic E-state index is -0.956. The molecule has 0 amide bonds. The maximum atomic E-state index is 17.1. The number of aromatic nitrogens is 2. The Balaban J connectivity index is 1.36. The normalized spacial score (nSPS) is 25.3. The van der Waals surface area contributed by atoms with Crippen molar-refractivity contribution >= 4 is 54.7 Å². The minimum Gasteiger partial charge on any atom is -0.489 e. The van der Waals surface area contributed by atoms with Crippen LogP contribution in [-0.2, 0) is 0 Å². The molecule has 4 aromatic rings. The van der Waals surface area contributed by atoms with Gasteiger partial charge < -0.3 is 20.1 Å². The molecule has 4 aliphatic heterocycles. The molecule has 2 N–H and O–H groups in total. The topological polar surface area (TPSA) is 124 Å². The van der Waals surface area contributed by atoms with E-state index in [0.29, 0.717) is 31.6 Å². The predicted octanol–water partition coefficient (Wildman–Crippen LogP) is 6.50. The molecule has 0 aliphatic carbocycles. The van der Waals surface area contributed by atoms with Gasteiger partial charge >= 0.3 is 6.01 Å². The third-order valence-corrected chi connectivity index (χ3v) is 11.4. The number of anilines is 2. The molecule has 0 radical (unpaired) electrons. The smallest absolute Gasteiger partial charge is 0.319 e. The number of nitrogen functional groups attached to an aromatic ring is 1. The molecule has 236 valence electrons. The molecule has 14 heteroatoms. The largest absolute Gasteiger partial charge is 0.489 e. The van der Waals surface area contributed by atoms with Crippen molar-refractivity contribution in [2.45, 2.75) is 62.3 Å². The third kappa shape index (κ3) is 4.21. The number of fused-ring (bicyclic) bond motifs is 4. The van der Waals surface area contributed by atoms with Crippen molar-refractivity contribution in [3.8, 4) is 35.0 Å². The summed E-state index contributed by atoms with van der Waals surface area (Å²) in [7, 11) is 0. The zero-order valence-electron chi connectivity index (χ0n) is 24.5. The second-order valence-electron chi connectivity index (χ2n) is 12.5. The number of nitrogens with zero attached hydrogens (tertiary/aromatic N) is 6. The molecule has 46 heavy (non-hydrogen) atoms. The molecule has 8 rings (SSSR count). The van der Waals surface area contributed by atoms with E-state index < -0.39 is 23.3 Å². The maximum absolute atomic E-state index is 17.1. The zero-order chi connectivity index (χ0) is 31.9. The van der Waals surface area contributed by atoms with Gasteiger partial charge in [-0.15, -0.1) is 11.3 Å². The van der Waals surface area contributed by atoms with Crippen molar-refractivity contribution in [2.75, 3.05) is 36.9 Å². The summed E-state index contributed by atoms with van der Waals surface area (Å²) < 4.78 is 59.2. The first-order chi connectivity index (χ1) is 22.2. The molecule has 3 fully saturated rings. The highest BCUT2D eigenvalue weighted by Crippen LogP contribution is 2.52. The number of ether oxygens (including phenoxy) is 2. The van der Waals surface area contributed by atoms with E-state index in [-0.39, 0.29) is 91.2 Å². The highest BCUT2D eigenvalue weighted by atomic mass is 35.5. The number of benzene rings is 2. The van der Waals surface area contributed by atoms with Gasteiger partial charge in [0.1, 0.15) is 47.6 Å². The quantitative estimate of drug-likeness (QED) is 0.255. The van der Waals surface area contributed by atoms with Crippen LogP contribution in [0.2, 0.25) is 5.02 Å². The second kappa shape index (κ2) is 10.8. The van der Waals surface area contributed by atoms with Crippen molar-refractivity contribution in [1.82, 2.24) is 14.9 Å². The van der Waals surface area contributed by atoms with Crippen LogP contribution in [0.1, 0.15) is 44.1 Å². The van der Waals surface area contributed by atoms with E-state index in [0.717, 1.165) is 30.7 Å². The lowest BCUT2D eigenvalue weighted by atomic mass is 9.95. The van der Waals surface area contributed by atoms with Gasteiger partial charge in [-0.25, -0.2) is 13.2 Å². The number of hydrogen-bond donors (Lipinski definition) is 1. The van der Waals surface area contributed by atoms with E-state index >= 15 is 4.39 Å². The first-order valence-electron chi connectivity index (χ1n) is 15.2. The molecular weight excluding hydrogens is 639 g/mol. The van der Waals surface area contributed by atoms with Crippen molar-refractivity contribution in [3.63, 3.8) is 0 Å². The summed E-state index contributed by atoms with van der Waals surface area (Å²) in [6, 6.07) is 6.35. The molecule has 2 aromatic heterocycles. The lowest BCUT2D eigenvalue weighted by Crippen LogP contribution is -2.43. The Labute approximate surface area is 270 Å². The maximum Gasteiger partial charge on any atom is 0.319 e. The summed E-state index contributed by atoms with van der Waals surface area (Å²) in [5.41, 5.74) is 5.52. The Hall–Kier alpha value is -4.04. The van der Waals surface area contributed by atoms with E-state index in [1.165, 1.54) is 12.1 Å². The molecule has 4 atom stereocenters. The summed E-state index contributed by atoms with van der Waals surface area (Å²) in [6.45, 7) is 1.45. The van der Waals surface area contributed by atoms with Crippen molar-refractivity contribution in [1.29, 1.82) is 10.5 Å². The van der Waals surface area contributed by atoms with Gasteiger partial charge in [0.05, 0.1) is 44.7 Å². The van der Waals surface area contributed by atoms with Gasteiger partial charge in [0.2, 0.25) is 0 Å². The van der Waals surface area contributed by atoms with Crippen LogP contribution in [-0.4, -0.2) is 65.0 Å². The van der Waals surface area contributed by atoms with Gasteiger partial charge in [-0.05, 0) is 43.9 Å². The van der Waals surface area contributed by atoms with Crippen LogP contribution < -0.4 is 20.1 Å². The highest BCUT2D eigenvalue weighted by Gasteiger charge is 2.49. The van der Waals surface area contributed by atoms with Gasteiger partial charge in [0, 0.05) is 30.0 Å². The van der Waals surface area contributed by atoms with Crippen molar-refractivity contribution in [2.24, 2.45) is 0 Å². The van der Waals surface area contributed by atoms with Crippen LogP contribution in [0, 0.1) is 34.3 Å². The molecular formula is C32H27ClF3N7O2S. The Morgan fingerprint density at radius 2 is 2.07 bits per heavy atom. The number of halogens is 4. The van der Waals surface area contributed by atoms with E-state index in [1.807, 2.05) is 11.0 Å². The Kier molecular flexibility index (Phi) is 6.87. The SMILES string of the molecule is N#CCC1CCC2COc3c(Cl)c(-c4ccc(F)c5sc(N)c(C#N)c45)c(F)c4nc(OC[C@@]56CCCN5C[C@H](F)C6)nc(c34)N12. The number of nitriles is 2. The molecule has 2 aromatic carbocycles. The summed E-state index contributed by atoms with van der Waals surface area (Å²) in [5, 5.41) is 19.9. The van der Waals surface area contributed by atoms with Crippen LogP contribution >= 0.6 is 22.9 Å². The number of hydrogen-bond acceptors (Lipinski definition) is 10. The van der Waals surface area contributed by atoms with Gasteiger partial charge in [-0.1, -0.05) is 17.7 Å². The fraction of sp³-hybridized carbons (Fsp3) is 0.438. The molecule has 0 bridgehead atoms. The number of alkyl halides is 1. The van der Waals surface area contributed by atoms with Crippen molar-refractivity contribution < 1.29 is 22.6 Å². The van der Waals surface area contributed by atoms with Crippen LogP contribution in [0.25, 0.3) is 32.1 Å². The van der Waals surface area contributed by atoms with Gasteiger partial charge in [0.15, 0.2) is 11.6 Å². The third-order valence-electron chi connectivity index (χ3n) is 9.98. The molecule has 3 saturated heterocycles. The number of nitrogens with two attached hydrogens (primary N) is 1. The monoisotopic (exact) mass is 665 g/mol. The van der Waals surface area contributed by atoms with Crippen LogP contribution in [0.5, 0.6) is 11.8 Å². The Bertz CT molecular complexity index is 2030. The molecule has 9 nitrogen and oxygen atoms in total. The van der Waals surface area contributed by atoms with Crippen molar-refractivity contribution in [3.05, 3.63) is 34.4 Å². The van der Waals surface area contributed by atoms with Crippen LogP contribution in [0.15, 0.2) is 12.1 Å². The summed E-state index contributed by atoms with van der Waals surface area (Å²) in [5.74, 6) is -0.937. The van der Waals surface area contributed by atoms with Gasteiger partial charge in [0.25, 0.3) is 0 Å². The van der Waals surface area contributed by atoms with Crippen LogP contribution in [0.3, 0.4) is 0 Å². The second-order valence-corrected chi connectivity index (χ2v) is 13.9. The Morgan fingerprint density at radius 3 is 2.87 bits per heavy atom. The lowest BCUT2D eigenvalue weighted by Gasteiger charge is -2.31. The van der Waals surface area contributed by atoms with Gasteiger partial charge in [-0.3, -0.25) is 4.90 Å². The molecule has 0 saturated carbocycles. The lowest BCUT2D eigenvalue weighted by molar-refractivity contribution is 0.107. The molecule has 4 aliphatic rings. The van der Waals surface area contributed by atoms with E-state index in [2.05, 4.69) is 16.0 Å². The molecule has 0 spiro atoms. The first kappa shape index (κ1) is 29.4. The van der Waals surface area contributed by atoms with E-state index in [4.69, 9.17) is 31.8 Å². The summed E-state index contributed by atoms with van der Waals surface area (Å²) in [4.78, 5) is 13.4. The zero-order valence-corrected chi connectivity index (χ0v) is 26.0. The molecule has 6 heterocycles. The number of rotatable bonds is 5. The standard InChI is InChI=1S/C32H27ClF3N7O2S/c33-24-22(18-4-5-20(35)28-21(18)19(11-38)29(39)46-28)25(36)26-23-27(24)44-13-17-3-2-16(6-8-37)43(17)30(23)41-31(40-26)45-14-32-7-1-9-42(32)12-15(34)10-32/h4-5,15-17H,1-3,6-7,9-10,12-14,39H2/t15-,16?,17?,32+/m1/s1. The summed E-state index contributed by atoms with van der Waals surface area (Å²) >= 11 is 7.89. The fourth-order valence-corrected chi connectivity index (χ4v) is 9.25. The fourth-order valence-electron chi connectivity index (χ4n) is 7.97. The highest BCUT2D eigenvalue weighted by molar-refractivity contribution is 7.23. The predicted molar refractivity (Wildman–Crippen MR) is 168 cm³/mol. The number of thiophene rings is 1. The Morgan fingerprint density at radius 1 is 1.22 bits per heavy atom. The van der Waals surface area contributed by atoms with E-state index in [9.17, 15) is 19.3 Å². The average molecular weight is 666 g/mol. The minimum absolute atomic E-state index is 0.0207. The summed E-state index contributed by atoms with van der Waals surface area (Å²) in [6.07, 6.45) is 2.72. The van der Waals surface area contributed by atoms with E-state index in [1.54, 1.807) is 0 Å².